The molecule has 1 aromatic heterocycles. The Hall–Kier alpha value is -2.26. The number of nitrogen functional groups attached to an aromatic ring is 1. The fourth-order valence-electron chi connectivity index (χ4n) is 2.22. The number of nitrogens with zero attached hydrogens (tertiary/aromatic N) is 1. The first-order valence-electron chi connectivity index (χ1n) is 6.24. The van der Waals surface area contributed by atoms with Crippen molar-refractivity contribution in [2.45, 2.75) is 6.92 Å². The molecule has 0 bridgehead atoms. The van der Waals surface area contributed by atoms with Crippen LogP contribution in [0.1, 0.15) is 5.56 Å². The Labute approximate surface area is 122 Å². The fourth-order valence-corrected chi connectivity index (χ4v) is 2.40. The van der Waals surface area contributed by atoms with E-state index in [0.717, 1.165) is 22.3 Å². The second-order valence-electron chi connectivity index (χ2n) is 4.55. The molecule has 0 radical (unpaired) electrons. The van der Waals surface area contributed by atoms with Crippen molar-refractivity contribution in [2.24, 2.45) is 0 Å². The van der Waals surface area contributed by atoms with Crippen molar-refractivity contribution in [2.75, 3.05) is 5.73 Å². The van der Waals surface area contributed by atoms with Crippen LogP contribution in [0.25, 0.3) is 22.5 Å². The monoisotopic (exact) mass is 284 g/mol. The van der Waals surface area contributed by atoms with Gasteiger partial charge in [0, 0.05) is 10.6 Å². The summed E-state index contributed by atoms with van der Waals surface area (Å²) in [6.45, 7) is 1.95. The molecule has 2 aromatic carbocycles. The Kier molecular flexibility index (Phi) is 3.20. The highest BCUT2D eigenvalue weighted by atomic mass is 35.5. The molecule has 3 nitrogen and oxygen atoms in total. The van der Waals surface area contributed by atoms with Gasteiger partial charge in [-0.3, -0.25) is 0 Å². The first-order valence-corrected chi connectivity index (χ1v) is 6.62. The van der Waals surface area contributed by atoms with Crippen molar-refractivity contribution in [3.05, 3.63) is 59.1 Å². The van der Waals surface area contributed by atoms with E-state index in [9.17, 15) is 0 Å². The van der Waals surface area contributed by atoms with E-state index in [1.807, 2.05) is 55.5 Å². The van der Waals surface area contributed by atoms with Crippen LogP contribution in [0.5, 0.6) is 0 Å². The molecule has 0 atom stereocenters. The molecular weight excluding hydrogens is 272 g/mol. The lowest BCUT2D eigenvalue weighted by molar-refractivity contribution is 0.436. The molecule has 1 heterocycles. The Morgan fingerprint density at radius 1 is 1.05 bits per heavy atom. The van der Waals surface area contributed by atoms with Crippen molar-refractivity contribution >= 4 is 17.4 Å². The molecule has 0 amide bonds. The van der Waals surface area contributed by atoms with Crippen LogP contribution in [-0.2, 0) is 0 Å². The molecule has 20 heavy (non-hydrogen) atoms. The molecular formula is C16H13ClN2O. The molecule has 3 rings (SSSR count). The van der Waals surface area contributed by atoms with E-state index >= 15 is 0 Å². The quantitative estimate of drug-likeness (QED) is 0.751. The van der Waals surface area contributed by atoms with Gasteiger partial charge in [-0.25, -0.2) is 0 Å². The third kappa shape index (κ3) is 2.06. The largest absolute Gasteiger partial charge is 0.380 e. The zero-order valence-electron chi connectivity index (χ0n) is 10.9. The maximum Gasteiger partial charge on any atom is 0.177 e. The molecule has 4 heteroatoms. The van der Waals surface area contributed by atoms with Crippen LogP contribution in [0.15, 0.2) is 53.1 Å². The first kappa shape index (κ1) is 12.8. The van der Waals surface area contributed by atoms with Gasteiger partial charge in [0.2, 0.25) is 0 Å². The van der Waals surface area contributed by atoms with Gasteiger partial charge in [-0.05, 0) is 24.1 Å². The third-order valence-corrected chi connectivity index (χ3v) is 3.70. The summed E-state index contributed by atoms with van der Waals surface area (Å²) >= 11 is 6.18. The minimum Gasteiger partial charge on any atom is -0.380 e. The SMILES string of the molecule is Cc1c(Cl)cccc1-c1onc(N)c1-c1ccccc1. The zero-order valence-corrected chi connectivity index (χ0v) is 11.7. The Morgan fingerprint density at radius 3 is 2.55 bits per heavy atom. The van der Waals surface area contributed by atoms with Crippen LogP contribution in [0.2, 0.25) is 5.02 Å². The highest BCUT2D eigenvalue weighted by Gasteiger charge is 2.19. The van der Waals surface area contributed by atoms with Crippen molar-refractivity contribution < 1.29 is 4.52 Å². The van der Waals surface area contributed by atoms with Gasteiger partial charge in [0.25, 0.3) is 0 Å². The van der Waals surface area contributed by atoms with E-state index in [-0.39, 0.29) is 0 Å². The van der Waals surface area contributed by atoms with Crippen LogP contribution in [0.4, 0.5) is 5.82 Å². The van der Waals surface area contributed by atoms with Crippen molar-refractivity contribution in [1.29, 1.82) is 0 Å². The van der Waals surface area contributed by atoms with Gasteiger partial charge >= 0.3 is 0 Å². The van der Waals surface area contributed by atoms with Gasteiger partial charge in [0.1, 0.15) is 0 Å². The molecule has 0 unspecified atom stereocenters. The lowest BCUT2D eigenvalue weighted by atomic mass is 9.99. The van der Waals surface area contributed by atoms with Crippen LogP contribution in [0, 0.1) is 6.92 Å². The summed E-state index contributed by atoms with van der Waals surface area (Å²) in [6, 6.07) is 15.5. The van der Waals surface area contributed by atoms with Crippen LogP contribution >= 0.6 is 11.6 Å². The van der Waals surface area contributed by atoms with Gasteiger partial charge < -0.3 is 10.3 Å². The number of halogens is 1. The average Bonchev–Trinajstić information content (AvgIpc) is 2.84. The van der Waals surface area contributed by atoms with E-state index in [2.05, 4.69) is 5.16 Å². The minimum atomic E-state index is 0.380. The second kappa shape index (κ2) is 5.02. The molecule has 0 aliphatic carbocycles. The van der Waals surface area contributed by atoms with Gasteiger partial charge in [-0.1, -0.05) is 59.2 Å². The van der Waals surface area contributed by atoms with Crippen LogP contribution in [-0.4, -0.2) is 5.16 Å². The maximum absolute atomic E-state index is 6.18. The third-order valence-electron chi connectivity index (χ3n) is 3.29. The van der Waals surface area contributed by atoms with Gasteiger partial charge in [-0.15, -0.1) is 0 Å². The van der Waals surface area contributed by atoms with Gasteiger partial charge in [0.15, 0.2) is 11.6 Å². The van der Waals surface area contributed by atoms with E-state index in [4.69, 9.17) is 21.9 Å². The highest BCUT2D eigenvalue weighted by Crippen LogP contribution is 2.39. The summed E-state index contributed by atoms with van der Waals surface area (Å²) in [7, 11) is 0. The number of rotatable bonds is 2. The Morgan fingerprint density at radius 2 is 1.80 bits per heavy atom. The van der Waals surface area contributed by atoms with E-state index in [1.165, 1.54) is 0 Å². The predicted molar refractivity (Wildman–Crippen MR) is 81.5 cm³/mol. The summed E-state index contributed by atoms with van der Waals surface area (Å²) in [5, 5.41) is 4.59. The molecule has 0 saturated heterocycles. The first-order chi connectivity index (χ1) is 9.68. The maximum atomic E-state index is 6.18. The summed E-state index contributed by atoms with van der Waals surface area (Å²) in [5.41, 5.74) is 9.59. The lowest BCUT2D eigenvalue weighted by Gasteiger charge is -2.06. The predicted octanol–water partition coefficient (Wildman–Crippen LogP) is 4.55. The highest BCUT2D eigenvalue weighted by molar-refractivity contribution is 6.31. The van der Waals surface area contributed by atoms with Crippen LogP contribution < -0.4 is 5.73 Å². The fraction of sp³-hybridized carbons (Fsp3) is 0.0625. The number of hydrogen-bond donors (Lipinski definition) is 1. The zero-order chi connectivity index (χ0) is 14.1. The number of aromatic nitrogens is 1. The molecule has 0 fully saturated rings. The smallest absolute Gasteiger partial charge is 0.177 e. The van der Waals surface area contributed by atoms with Crippen LogP contribution in [0.3, 0.4) is 0 Å². The van der Waals surface area contributed by atoms with E-state index in [1.54, 1.807) is 0 Å². The topological polar surface area (TPSA) is 52.0 Å². The summed E-state index contributed by atoms with van der Waals surface area (Å²) in [5.74, 6) is 1.03. The number of anilines is 1. The average molecular weight is 285 g/mol. The molecule has 0 aliphatic rings. The normalized spacial score (nSPS) is 10.7. The number of nitrogens with two attached hydrogens (primary N) is 1. The molecule has 100 valence electrons. The molecule has 0 spiro atoms. The van der Waals surface area contributed by atoms with E-state index in [0.29, 0.717) is 16.6 Å². The molecule has 0 aliphatic heterocycles. The molecule has 0 saturated carbocycles. The van der Waals surface area contributed by atoms with Crippen molar-refractivity contribution in [3.8, 4) is 22.5 Å². The van der Waals surface area contributed by atoms with Gasteiger partial charge in [-0.2, -0.15) is 0 Å². The molecule has 2 N–H and O–H groups in total. The van der Waals surface area contributed by atoms with Crippen molar-refractivity contribution in [3.63, 3.8) is 0 Å². The summed E-state index contributed by atoms with van der Waals surface area (Å²) < 4.78 is 5.44. The Bertz CT molecular complexity index is 750. The van der Waals surface area contributed by atoms with E-state index < -0.39 is 0 Å². The molecule has 3 aromatic rings. The summed E-state index contributed by atoms with van der Waals surface area (Å²) in [4.78, 5) is 0. The lowest BCUT2D eigenvalue weighted by Crippen LogP contribution is -1.90. The van der Waals surface area contributed by atoms with Crippen molar-refractivity contribution in [1.82, 2.24) is 5.16 Å². The number of benzene rings is 2. The summed E-state index contributed by atoms with van der Waals surface area (Å²) in [6.07, 6.45) is 0. The second-order valence-corrected chi connectivity index (χ2v) is 4.96. The standard InChI is InChI=1S/C16H13ClN2O/c1-10-12(8-5-9-13(10)17)15-14(16(18)19-20-15)11-6-3-2-4-7-11/h2-9H,1H3,(H2,18,19). The minimum absolute atomic E-state index is 0.380. The number of hydrogen-bond acceptors (Lipinski definition) is 3. The van der Waals surface area contributed by atoms with Gasteiger partial charge in [0.05, 0.1) is 5.56 Å². The Balaban J connectivity index is 2.24.